The smallest absolute Gasteiger partial charge is 0.333 e. The number of aromatic nitrogens is 2. The number of aryl methyl sites for hydroxylation is 1. The number of para-hydroxylation sites is 1. The molecule has 0 aliphatic rings. The highest BCUT2D eigenvalue weighted by Crippen LogP contribution is 2.37. The van der Waals surface area contributed by atoms with E-state index in [9.17, 15) is 10.1 Å². The molecular formula is C14H18N4O3. The summed E-state index contributed by atoms with van der Waals surface area (Å²) in [7, 11) is 3.69. The van der Waals surface area contributed by atoms with Crippen LogP contribution < -0.4 is 9.64 Å². The molecule has 0 aliphatic carbocycles. The van der Waals surface area contributed by atoms with Crippen molar-refractivity contribution in [1.82, 2.24) is 9.55 Å². The molecule has 7 heteroatoms. The molecule has 0 unspecified atom stereocenters. The highest BCUT2D eigenvalue weighted by molar-refractivity contribution is 5.69. The minimum absolute atomic E-state index is 0.0175. The molecule has 2 rings (SSSR count). The van der Waals surface area contributed by atoms with Gasteiger partial charge in [0.25, 0.3) is 0 Å². The minimum atomic E-state index is -0.407. The van der Waals surface area contributed by atoms with Crippen LogP contribution in [0.25, 0.3) is 0 Å². The van der Waals surface area contributed by atoms with Crippen LogP contribution in [-0.4, -0.2) is 28.1 Å². The van der Waals surface area contributed by atoms with Crippen molar-refractivity contribution >= 4 is 11.4 Å². The maximum absolute atomic E-state index is 11.4. The quantitative estimate of drug-likeness (QED) is 0.603. The first-order valence-corrected chi connectivity index (χ1v) is 6.62. The summed E-state index contributed by atoms with van der Waals surface area (Å²) in [4.78, 5) is 17.0. The van der Waals surface area contributed by atoms with E-state index in [4.69, 9.17) is 4.74 Å². The first kappa shape index (κ1) is 14.8. The van der Waals surface area contributed by atoms with Gasteiger partial charge in [0.1, 0.15) is 11.5 Å². The Kier molecular flexibility index (Phi) is 4.42. The zero-order chi connectivity index (χ0) is 15.4. The fraction of sp³-hybridized carbons (Fsp3) is 0.357. The van der Waals surface area contributed by atoms with E-state index in [-0.39, 0.29) is 11.4 Å². The third kappa shape index (κ3) is 3.13. The Morgan fingerprint density at radius 1 is 1.48 bits per heavy atom. The number of hydrogen-bond acceptors (Lipinski definition) is 5. The van der Waals surface area contributed by atoms with Gasteiger partial charge in [-0.25, -0.2) is 4.98 Å². The summed E-state index contributed by atoms with van der Waals surface area (Å²) in [5, 5.41) is 11.4. The normalized spacial score (nSPS) is 10.4. The van der Waals surface area contributed by atoms with Gasteiger partial charge in [0.05, 0.1) is 18.1 Å². The van der Waals surface area contributed by atoms with E-state index in [0.29, 0.717) is 18.8 Å². The molecule has 0 atom stereocenters. The van der Waals surface area contributed by atoms with Crippen molar-refractivity contribution in [2.45, 2.75) is 13.5 Å². The van der Waals surface area contributed by atoms with Crippen molar-refractivity contribution in [3.05, 3.63) is 46.5 Å². The van der Waals surface area contributed by atoms with E-state index in [1.165, 1.54) is 0 Å². The van der Waals surface area contributed by atoms with E-state index in [1.807, 2.05) is 17.8 Å². The van der Waals surface area contributed by atoms with Crippen LogP contribution in [0.5, 0.6) is 5.75 Å². The zero-order valence-corrected chi connectivity index (χ0v) is 12.3. The number of nitro groups is 1. The number of rotatable bonds is 6. The van der Waals surface area contributed by atoms with Crippen LogP contribution in [-0.2, 0) is 13.6 Å². The Labute approximate surface area is 122 Å². The predicted molar refractivity (Wildman–Crippen MR) is 79.6 cm³/mol. The van der Waals surface area contributed by atoms with Gasteiger partial charge in [-0.1, -0.05) is 6.07 Å². The number of ether oxygens (including phenoxy) is 1. The van der Waals surface area contributed by atoms with E-state index >= 15 is 0 Å². The Bertz CT molecular complexity index is 639. The summed E-state index contributed by atoms with van der Waals surface area (Å²) in [6, 6.07) is 5.07. The second-order valence-electron chi connectivity index (χ2n) is 4.62. The topological polar surface area (TPSA) is 73.4 Å². The SMILES string of the molecule is CCOc1cccc(N(C)Cc2nccn2C)c1[N+](=O)[O-]. The maximum atomic E-state index is 11.4. The first-order chi connectivity index (χ1) is 10.0. The standard InChI is InChI=1S/C14H18N4O3/c1-4-21-12-7-5-6-11(14(12)18(19)20)17(3)10-13-15-8-9-16(13)2/h5-9H,4,10H2,1-3H3. The van der Waals surface area contributed by atoms with Crippen molar-refractivity contribution in [2.75, 3.05) is 18.6 Å². The van der Waals surface area contributed by atoms with E-state index in [0.717, 1.165) is 5.82 Å². The summed E-state index contributed by atoms with van der Waals surface area (Å²) in [6.07, 6.45) is 3.54. The lowest BCUT2D eigenvalue weighted by Crippen LogP contribution is -2.20. The molecule has 0 aliphatic heterocycles. The summed E-state index contributed by atoms with van der Waals surface area (Å²) < 4.78 is 7.24. The molecule has 1 heterocycles. The van der Waals surface area contributed by atoms with Crippen LogP contribution in [0.15, 0.2) is 30.6 Å². The van der Waals surface area contributed by atoms with Crippen LogP contribution in [0, 0.1) is 10.1 Å². The van der Waals surface area contributed by atoms with Gasteiger partial charge in [-0.2, -0.15) is 0 Å². The Morgan fingerprint density at radius 2 is 2.24 bits per heavy atom. The molecule has 7 nitrogen and oxygen atoms in total. The van der Waals surface area contributed by atoms with Gasteiger partial charge in [-0.15, -0.1) is 0 Å². The van der Waals surface area contributed by atoms with Crippen molar-refractivity contribution in [1.29, 1.82) is 0 Å². The van der Waals surface area contributed by atoms with Gasteiger partial charge in [-0.3, -0.25) is 10.1 Å². The summed E-state index contributed by atoms with van der Waals surface area (Å²) in [5.74, 6) is 1.11. The largest absolute Gasteiger partial charge is 0.487 e. The Hall–Kier alpha value is -2.57. The molecule has 0 fully saturated rings. The van der Waals surface area contributed by atoms with Gasteiger partial charge in [0, 0.05) is 26.5 Å². The molecule has 0 N–H and O–H groups in total. The molecule has 0 spiro atoms. The fourth-order valence-electron chi connectivity index (χ4n) is 2.12. The minimum Gasteiger partial charge on any atom is -0.487 e. The lowest BCUT2D eigenvalue weighted by Gasteiger charge is -2.19. The number of imidazole rings is 1. The number of benzene rings is 1. The van der Waals surface area contributed by atoms with E-state index < -0.39 is 4.92 Å². The molecule has 2 aromatic rings. The van der Waals surface area contributed by atoms with Gasteiger partial charge in [-0.05, 0) is 19.1 Å². The van der Waals surface area contributed by atoms with Crippen LogP contribution in [0.1, 0.15) is 12.7 Å². The summed E-state index contributed by atoms with van der Waals surface area (Å²) in [5.41, 5.74) is 0.491. The van der Waals surface area contributed by atoms with Gasteiger partial charge < -0.3 is 14.2 Å². The third-order valence-corrected chi connectivity index (χ3v) is 3.17. The predicted octanol–water partition coefficient (Wildman–Crippen LogP) is 2.36. The van der Waals surface area contributed by atoms with Crippen LogP contribution >= 0.6 is 0 Å². The summed E-state index contributed by atoms with van der Waals surface area (Å²) >= 11 is 0. The lowest BCUT2D eigenvalue weighted by molar-refractivity contribution is -0.385. The second-order valence-corrected chi connectivity index (χ2v) is 4.62. The molecule has 0 saturated carbocycles. The van der Waals surface area contributed by atoms with Crippen molar-refractivity contribution < 1.29 is 9.66 Å². The number of nitro benzene ring substituents is 1. The molecule has 0 radical (unpaired) electrons. The fourth-order valence-corrected chi connectivity index (χ4v) is 2.12. The second kappa shape index (κ2) is 6.25. The van der Waals surface area contributed by atoms with Gasteiger partial charge in [0.15, 0.2) is 5.75 Å². The molecule has 1 aromatic heterocycles. The number of hydrogen-bond donors (Lipinski definition) is 0. The van der Waals surface area contributed by atoms with Crippen molar-refractivity contribution in [3.63, 3.8) is 0 Å². The molecule has 0 saturated heterocycles. The van der Waals surface area contributed by atoms with Gasteiger partial charge in [0.2, 0.25) is 0 Å². The third-order valence-electron chi connectivity index (χ3n) is 3.17. The van der Waals surface area contributed by atoms with Crippen LogP contribution in [0.4, 0.5) is 11.4 Å². The first-order valence-electron chi connectivity index (χ1n) is 6.62. The average molecular weight is 290 g/mol. The van der Waals surface area contributed by atoms with E-state index in [2.05, 4.69) is 4.98 Å². The van der Waals surface area contributed by atoms with Crippen LogP contribution in [0.2, 0.25) is 0 Å². The molecule has 21 heavy (non-hydrogen) atoms. The van der Waals surface area contributed by atoms with Gasteiger partial charge >= 0.3 is 5.69 Å². The maximum Gasteiger partial charge on any atom is 0.333 e. The molecule has 0 amide bonds. The molecular weight excluding hydrogens is 272 g/mol. The van der Waals surface area contributed by atoms with Crippen molar-refractivity contribution in [2.24, 2.45) is 7.05 Å². The zero-order valence-electron chi connectivity index (χ0n) is 12.3. The summed E-state index contributed by atoms with van der Waals surface area (Å²) in [6.45, 7) is 2.65. The average Bonchev–Trinajstić information content (AvgIpc) is 2.84. The van der Waals surface area contributed by atoms with Crippen LogP contribution in [0.3, 0.4) is 0 Å². The molecule has 1 aromatic carbocycles. The Balaban J connectivity index is 2.36. The highest BCUT2D eigenvalue weighted by Gasteiger charge is 2.23. The monoisotopic (exact) mass is 290 g/mol. The Morgan fingerprint density at radius 3 is 2.81 bits per heavy atom. The van der Waals surface area contributed by atoms with E-state index in [1.54, 1.807) is 43.3 Å². The lowest BCUT2D eigenvalue weighted by atomic mass is 10.2. The molecule has 112 valence electrons. The number of anilines is 1. The van der Waals surface area contributed by atoms with Crippen molar-refractivity contribution in [3.8, 4) is 5.75 Å². The highest BCUT2D eigenvalue weighted by atomic mass is 16.6. The molecule has 0 bridgehead atoms. The number of nitrogens with zero attached hydrogens (tertiary/aromatic N) is 4.